The summed E-state index contributed by atoms with van der Waals surface area (Å²) in [5.74, 6) is 0.611. The van der Waals surface area contributed by atoms with Crippen LogP contribution in [-0.2, 0) is 6.54 Å². The number of halogens is 1. The molecule has 0 N–H and O–H groups in total. The summed E-state index contributed by atoms with van der Waals surface area (Å²) >= 11 is 0. The molecule has 2 aromatic carbocycles. The maximum absolute atomic E-state index is 8.49. The van der Waals surface area contributed by atoms with E-state index in [-0.39, 0.29) is 0 Å². The van der Waals surface area contributed by atoms with Gasteiger partial charge < -0.3 is 0 Å². The van der Waals surface area contributed by atoms with Crippen LogP contribution < -0.4 is 23.2 Å². The molecule has 2 heterocycles. The fourth-order valence-corrected chi connectivity index (χ4v) is 2.58. The first-order chi connectivity index (χ1) is 13.3. The second kappa shape index (κ2) is 8.38. The topological polar surface area (TPSA) is 140 Å². The van der Waals surface area contributed by atoms with Crippen molar-refractivity contribution in [3.63, 3.8) is 0 Å². The van der Waals surface area contributed by atoms with Crippen LogP contribution in [0.3, 0.4) is 0 Å². The van der Waals surface area contributed by atoms with Gasteiger partial charge in [0.25, 0.3) is 0 Å². The van der Waals surface area contributed by atoms with E-state index in [0.717, 1.165) is 22.5 Å². The average molecular weight is 402 g/mol. The van der Waals surface area contributed by atoms with Crippen molar-refractivity contribution in [2.24, 2.45) is 0 Å². The number of hydrogen-bond donors (Lipinski definition) is 0. The fraction of sp³-hybridized carbons (Fsp3) is 0.111. The van der Waals surface area contributed by atoms with Gasteiger partial charge in [-0.05, 0) is 17.3 Å². The molecule has 0 aliphatic carbocycles. The van der Waals surface area contributed by atoms with Crippen LogP contribution in [0.15, 0.2) is 66.7 Å². The summed E-state index contributed by atoms with van der Waals surface area (Å²) in [5.41, 5.74) is 4.16. The lowest BCUT2D eigenvalue weighted by atomic mass is 10.1. The van der Waals surface area contributed by atoms with E-state index in [1.165, 1.54) is 0 Å². The average Bonchev–Trinajstić information content (AvgIpc) is 3.05. The Bertz CT molecular complexity index is 1050. The molecule has 0 aliphatic rings. The highest BCUT2D eigenvalue weighted by Gasteiger charge is 2.17. The largest absolute Gasteiger partial charge is 0.440 e. The van der Waals surface area contributed by atoms with Gasteiger partial charge in [0.1, 0.15) is 12.2 Å². The van der Waals surface area contributed by atoms with Crippen molar-refractivity contribution in [2.75, 3.05) is 0 Å². The fourth-order valence-electron chi connectivity index (χ4n) is 2.58. The van der Waals surface area contributed by atoms with E-state index >= 15 is 0 Å². The molecule has 2 aromatic heterocycles. The van der Waals surface area contributed by atoms with E-state index in [4.69, 9.17) is 18.6 Å². The summed E-state index contributed by atoms with van der Waals surface area (Å²) in [7, 11) is -4.94. The van der Waals surface area contributed by atoms with Crippen molar-refractivity contribution >= 4 is 5.78 Å². The highest BCUT2D eigenvalue weighted by molar-refractivity contribution is 5.59. The SMILES string of the molecule is Cc1cc(-c2ccccc2)nc2nn(Cc3ccccc3)n[n+]12.[O-][Cl+3]([O-])([O-])[O-]. The molecule has 0 spiro atoms. The van der Waals surface area contributed by atoms with Crippen LogP contribution in [0.25, 0.3) is 17.0 Å². The van der Waals surface area contributed by atoms with Crippen LogP contribution in [0.2, 0.25) is 0 Å². The quantitative estimate of drug-likeness (QED) is 0.351. The van der Waals surface area contributed by atoms with E-state index in [0.29, 0.717) is 12.3 Å². The van der Waals surface area contributed by atoms with E-state index in [1.807, 2.05) is 61.5 Å². The standard InChI is InChI=1S/C18H16N5.ClHO4/c1-14-12-17(16-10-6-3-7-11-16)19-18-20-22(21-23(14)18)13-15-8-4-2-5-9-15;2-1(3,4)5/h2-12H,13H2,1H3;(H,2,3,4,5)/q+1;/p-1. The van der Waals surface area contributed by atoms with Crippen molar-refractivity contribution in [1.82, 2.24) is 20.1 Å². The zero-order chi connectivity index (χ0) is 20.1. The molecule has 0 saturated carbocycles. The summed E-state index contributed by atoms with van der Waals surface area (Å²) in [6, 6.07) is 22.3. The van der Waals surface area contributed by atoms with Gasteiger partial charge in [-0.3, -0.25) is 0 Å². The molecule has 0 amide bonds. The van der Waals surface area contributed by atoms with Gasteiger partial charge >= 0.3 is 5.78 Å². The molecule has 144 valence electrons. The van der Waals surface area contributed by atoms with E-state index in [1.54, 1.807) is 9.31 Å². The summed E-state index contributed by atoms with van der Waals surface area (Å²) < 4.78 is 35.7. The molecular formula is C18H16ClN5O4. The Morgan fingerprint density at radius 3 is 2.11 bits per heavy atom. The summed E-state index contributed by atoms with van der Waals surface area (Å²) in [5, 5.41) is 9.01. The predicted molar refractivity (Wildman–Crippen MR) is 86.7 cm³/mol. The minimum Gasteiger partial charge on any atom is -0.222 e. The highest BCUT2D eigenvalue weighted by Crippen LogP contribution is 2.16. The molecule has 0 unspecified atom stereocenters. The van der Waals surface area contributed by atoms with E-state index < -0.39 is 10.2 Å². The van der Waals surface area contributed by atoms with E-state index in [9.17, 15) is 0 Å². The smallest absolute Gasteiger partial charge is 0.222 e. The minimum atomic E-state index is -4.94. The number of aryl methyl sites for hydroxylation is 1. The lowest BCUT2D eigenvalue weighted by Gasteiger charge is -2.17. The van der Waals surface area contributed by atoms with Crippen LogP contribution in [0.1, 0.15) is 11.3 Å². The minimum absolute atomic E-state index is 0.611. The number of nitrogens with zero attached hydrogens (tertiary/aromatic N) is 5. The molecular weight excluding hydrogens is 386 g/mol. The van der Waals surface area contributed by atoms with Gasteiger partial charge in [0.05, 0.1) is 10.8 Å². The normalized spacial score (nSPS) is 11.2. The lowest BCUT2D eigenvalue weighted by Crippen LogP contribution is -2.68. The van der Waals surface area contributed by atoms with Gasteiger partial charge in [-0.1, -0.05) is 70.2 Å². The molecule has 0 aliphatic heterocycles. The number of fused-ring (bicyclic) bond motifs is 1. The van der Waals surface area contributed by atoms with Crippen LogP contribution in [0.4, 0.5) is 0 Å². The van der Waals surface area contributed by atoms with Crippen molar-refractivity contribution in [3.05, 3.63) is 78.0 Å². The van der Waals surface area contributed by atoms with E-state index in [2.05, 4.69) is 27.4 Å². The Balaban J connectivity index is 0.000000403. The number of aromatic nitrogens is 5. The van der Waals surface area contributed by atoms with Crippen LogP contribution in [-0.4, -0.2) is 20.1 Å². The molecule has 4 aromatic rings. The molecule has 10 heteroatoms. The van der Waals surface area contributed by atoms with Gasteiger partial charge in [0.2, 0.25) is 0 Å². The number of benzene rings is 2. The van der Waals surface area contributed by atoms with Crippen LogP contribution in [0, 0.1) is 17.2 Å². The van der Waals surface area contributed by atoms with Crippen LogP contribution >= 0.6 is 0 Å². The predicted octanol–water partition coefficient (Wildman–Crippen LogP) is -2.32. The first kappa shape index (κ1) is 19.8. The monoisotopic (exact) mass is 401 g/mol. The number of hydrogen-bond acceptors (Lipinski definition) is 7. The Morgan fingerprint density at radius 1 is 0.929 bits per heavy atom. The van der Waals surface area contributed by atoms with Crippen molar-refractivity contribution < 1.29 is 33.4 Å². The molecule has 0 bridgehead atoms. The first-order valence-corrected chi connectivity index (χ1v) is 9.39. The Labute approximate surface area is 162 Å². The summed E-state index contributed by atoms with van der Waals surface area (Å²) in [6.07, 6.45) is 0. The summed E-state index contributed by atoms with van der Waals surface area (Å²) in [4.78, 5) is 6.32. The third kappa shape index (κ3) is 5.52. The van der Waals surface area contributed by atoms with Gasteiger partial charge in [-0.2, -0.15) is 0 Å². The van der Waals surface area contributed by atoms with Gasteiger partial charge in [-0.25, -0.2) is 18.6 Å². The third-order valence-electron chi connectivity index (χ3n) is 3.72. The molecule has 0 radical (unpaired) electrons. The zero-order valence-electron chi connectivity index (χ0n) is 14.8. The zero-order valence-corrected chi connectivity index (χ0v) is 15.6. The third-order valence-corrected chi connectivity index (χ3v) is 3.72. The molecule has 28 heavy (non-hydrogen) atoms. The van der Waals surface area contributed by atoms with Crippen molar-refractivity contribution in [3.8, 4) is 11.3 Å². The number of rotatable bonds is 3. The molecule has 0 fully saturated rings. The first-order valence-electron chi connectivity index (χ1n) is 8.15. The highest BCUT2D eigenvalue weighted by atomic mass is 35.7. The molecule has 0 saturated heterocycles. The summed E-state index contributed by atoms with van der Waals surface area (Å²) in [6.45, 7) is 2.65. The molecule has 0 atom stereocenters. The second-order valence-electron chi connectivity index (χ2n) is 5.84. The molecule has 9 nitrogen and oxygen atoms in total. The Kier molecular flexibility index (Phi) is 5.93. The van der Waals surface area contributed by atoms with Gasteiger partial charge in [0.15, 0.2) is 0 Å². The molecule has 4 rings (SSSR count). The van der Waals surface area contributed by atoms with Crippen molar-refractivity contribution in [2.45, 2.75) is 13.5 Å². The Morgan fingerprint density at radius 2 is 1.50 bits per heavy atom. The lowest BCUT2D eigenvalue weighted by molar-refractivity contribution is -2.00. The maximum atomic E-state index is 8.49. The van der Waals surface area contributed by atoms with Gasteiger partial charge in [0, 0.05) is 16.8 Å². The Hall–Kier alpha value is -2.95. The van der Waals surface area contributed by atoms with Crippen molar-refractivity contribution in [1.29, 1.82) is 0 Å². The van der Waals surface area contributed by atoms with Gasteiger partial charge in [-0.15, -0.1) is 10.2 Å². The second-order valence-corrected chi connectivity index (χ2v) is 6.60. The maximum Gasteiger partial charge on any atom is 0.440 e. The van der Waals surface area contributed by atoms with Crippen LogP contribution in [0.5, 0.6) is 0 Å². The number of tetrazole rings is 1.